The fourth-order valence-electron chi connectivity index (χ4n) is 1.75. The summed E-state index contributed by atoms with van der Waals surface area (Å²) in [7, 11) is 0. The first-order valence-corrected chi connectivity index (χ1v) is 8.13. The SMILES string of the molecule is O=c1c(Br)c(C(F)(F)F)ncn1-c1c(Br)cc(C(F)(F)F)cc1Br. The Balaban J connectivity index is 2.71. The van der Waals surface area contributed by atoms with E-state index in [2.05, 4.69) is 52.8 Å². The van der Waals surface area contributed by atoms with Crippen LogP contribution in [0.2, 0.25) is 0 Å². The van der Waals surface area contributed by atoms with Crippen LogP contribution in [-0.2, 0) is 12.4 Å². The Labute approximate surface area is 155 Å². The van der Waals surface area contributed by atoms with Gasteiger partial charge in [-0.1, -0.05) is 0 Å². The average Bonchev–Trinajstić information content (AvgIpc) is 2.40. The second-order valence-electron chi connectivity index (χ2n) is 4.37. The second-order valence-corrected chi connectivity index (χ2v) is 6.87. The lowest BCUT2D eigenvalue weighted by Crippen LogP contribution is -2.25. The van der Waals surface area contributed by atoms with E-state index in [-0.39, 0.29) is 14.6 Å². The first kappa shape index (κ1) is 19.4. The molecule has 12 heteroatoms. The molecular formula is C12H3Br3F6N2O. The third-order valence-electron chi connectivity index (χ3n) is 2.77. The highest BCUT2D eigenvalue weighted by atomic mass is 79.9. The Kier molecular flexibility index (Phi) is 5.22. The standard InChI is InChI=1S/C12H3Br3F6N2O/c13-5-1-4(11(16,17)18)2-6(14)8(5)23-3-22-9(12(19,20)21)7(15)10(23)24/h1-3H. The lowest BCUT2D eigenvalue weighted by Gasteiger charge is -2.15. The minimum Gasteiger partial charge on any atom is -0.268 e. The monoisotopic (exact) mass is 542 g/mol. The number of alkyl halides is 6. The fraction of sp³-hybridized carbons (Fsp3) is 0.167. The van der Waals surface area contributed by atoms with E-state index in [1.165, 1.54) is 0 Å². The largest absolute Gasteiger partial charge is 0.434 e. The third kappa shape index (κ3) is 3.69. The lowest BCUT2D eigenvalue weighted by atomic mass is 10.2. The topological polar surface area (TPSA) is 34.9 Å². The van der Waals surface area contributed by atoms with Crippen molar-refractivity contribution in [2.75, 3.05) is 0 Å². The number of halogens is 9. The molecule has 0 unspecified atom stereocenters. The minimum absolute atomic E-state index is 0.116. The van der Waals surface area contributed by atoms with E-state index in [1.807, 2.05) is 0 Å². The van der Waals surface area contributed by atoms with Gasteiger partial charge in [-0.3, -0.25) is 9.36 Å². The number of hydrogen-bond donors (Lipinski definition) is 0. The Morgan fingerprint density at radius 2 is 1.42 bits per heavy atom. The fourth-order valence-corrected chi connectivity index (χ4v) is 3.83. The van der Waals surface area contributed by atoms with Gasteiger partial charge in [0.1, 0.15) is 10.8 Å². The number of rotatable bonds is 1. The zero-order valence-corrected chi connectivity index (χ0v) is 15.7. The zero-order chi connectivity index (χ0) is 18.4. The first-order chi connectivity index (χ1) is 10.8. The predicted octanol–water partition coefficient (Wildman–Crippen LogP) is 5.56. The van der Waals surface area contributed by atoms with Crippen LogP contribution < -0.4 is 5.56 Å². The summed E-state index contributed by atoms with van der Waals surface area (Å²) in [5.41, 5.74) is -3.67. The molecule has 24 heavy (non-hydrogen) atoms. The van der Waals surface area contributed by atoms with Crippen molar-refractivity contribution in [2.45, 2.75) is 12.4 Å². The van der Waals surface area contributed by atoms with Gasteiger partial charge in [0.15, 0.2) is 5.69 Å². The van der Waals surface area contributed by atoms with Crippen molar-refractivity contribution >= 4 is 47.8 Å². The molecule has 0 saturated heterocycles. The Bertz CT molecular complexity index is 836. The minimum atomic E-state index is -4.86. The lowest BCUT2D eigenvalue weighted by molar-refractivity contribution is -0.142. The highest BCUT2D eigenvalue weighted by Gasteiger charge is 2.37. The van der Waals surface area contributed by atoms with Gasteiger partial charge in [0, 0.05) is 8.95 Å². The van der Waals surface area contributed by atoms with Crippen molar-refractivity contribution in [3.8, 4) is 5.69 Å². The molecule has 0 aliphatic heterocycles. The summed E-state index contributed by atoms with van der Waals surface area (Å²) >= 11 is 8.31. The van der Waals surface area contributed by atoms with Crippen LogP contribution in [0.25, 0.3) is 5.69 Å². The zero-order valence-electron chi connectivity index (χ0n) is 10.9. The summed E-state index contributed by atoms with van der Waals surface area (Å²) in [4.78, 5) is 15.3. The van der Waals surface area contributed by atoms with E-state index in [0.717, 1.165) is 0 Å². The van der Waals surface area contributed by atoms with Crippen LogP contribution in [0.3, 0.4) is 0 Å². The molecule has 0 bridgehead atoms. The molecule has 0 atom stereocenters. The second kappa shape index (κ2) is 6.45. The maximum Gasteiger partial charge on any atom is 0.434 e. The van der Waals surface area contributed by atoms with Crippen molar-refractivity contribution in [2.24, 2.45) is 0 Å². The summed E-state index contributed by atoms with van der Waals surface area (Å²) in [5, 5.41) is 0. The Hall–Kier alpha value is -0.880. The van der Waals surface area contributed by atoms with Gasteiger partial charge < -0.3 is 0 Å². The normalized spacial score (nSPS) is 12.5. The molecule has 1 aromatic carbocycles. The third-order valence-corrected chi connectivity index (χ3v) is 4.69. The molecule has 130 valence electrons. The van der Waals surface area contributed by atoms with Gasteiger partial charge in [0.05, 0.1) is 11.3 Å². The van der Waals surface area contributed by atoms with Crippen molar-refractivity contribution in [3.63, 3.8) is 0 Å². The molecular weight excluding hydrogens is 542 g/mol. The summed E-state index contributed by atoms with van der Waals surface area (Å²) < 4.78 is 76.0. The molecule has 3 nitrogen and oxygen atoms in total. The Morgan fingerprint density at radius 3 is 1.83 bits per heavy atom. The smallest absolute Gasteiger partial charge is 0.268 e. The van der Waals surface area contributed by atoms with Crippen molar-refractivity contribution in [1.29, 1.82) is 0 Å². The Morgan fingerprint density at radius 1 is 0.917 bits per heavy atom. The molecule has 0 saturated carbocycles. The number of aromatic nitrogens is 2. The van der Waals surface area contributed by atoms with Crippen molar-refractivity contribution < 1.29 is 26.3 Å². The van der Waals surface area contributed by atoms with Crippen molar-refractivity contribution in [1.82, 2.24) is 9.55 Å². The van der Waals surface area contributed by atoms with E-state index >= 15 is 0 Å². The van der Waals surface area contributed by atoms with E-state index < -0.39 is 33.6 Å². The van der Waals surface area contributed by atoms with E-state index in [1.54, 1.807) is 0 Å². The highest BCUT2D eigenvalue weighted by Crippen LogP contribution is 2.38. The molecule has 2 aromatic rings. The average molecular weight is 545 g/mol. The van der Waals surface area contributed by atoms with Crippen LogP contribution in [0.15, 0.2) is 36.7 Å². The highest BCUT2D eigenvalue weighted by molar-refractivity contribution is 9.11. The van der Waals surface area contributed by atoms with Crippen LogP contribution in [0.4, 0.5) is 26.3 Å². The van der Waals surface area contributed by atoms with E-state index in [9.17, 15) is 31.1 Å². The van der Waals surface area contributed by atoms with Gasteiger partial charge in [-0.25, -0.2) is 4.98 Å². The maximum absolute atomic E-state index is 12.8. The number of nitrogens with zero attached hydrogens (tertiary/aromatic N) is 2. The van der Waals surface area contributed by atoms with Crippen LogP contribution >= 0.6 is 47.8 Å². The molecule has 0 aliphatic carbocycles. The molecule has 2 rings (SSSR count). The predicted molar refractivity (Wildman–Crippen MR) is 82.9 cm³/mol. The molecule has 1 aromatic heterocycles. The van der Waals surface area contributed by atoms with Crippen LogP contribution in [-0.4, -0.2) is 9.55 Å². The van der Waals surface area contributed by atoms with E-state index in [4.69, 9.17) is 0 Å². The van der Waals surface area contributed by atoms with Crippen LogP contribution in [0, 0.1) is 0 Å². The van der Waals surface area contributed by atoms with Gasteiger partial charge in [-0.05, 0) is 59.9 Å². The maximum atomic E-state index is 12.8. The van der Waals surface area contributed by atoms with Crippen molar-refractivity contribution in [3.05, 3.63) is 53.5 Å². The quantitative estimate of drug-likeness (QED) is 0.441. The summed E-state index contributed by atoms with van der Waals surface area (Å²) in [6.07, 6.45) is -8.90. The first-order valence-electron chi connectivity index (χ1n) is 5.75. The molecule has 0 N–H and O–H groups in total. The summed E-state index contributed by atoms with van der Waals surface area (Å²) in [6.45, 7) is 0. The van der Waals surface area contributed by atoms with Gasteiger partial charge >= 0.3 is 12.4 Å². The molecule has 0 fully saturated rings. The van der Waals surface area contributed by atoms with Gasteiger partial charge in [-0.2, -0.15) is 26.3 Å². The van der Waals surface area contributed by atoms with Gasteiger partial charge in [-0.15, -0.1) is 0 Å². The van der Waals surface area contributed by atoms with Crippen LogP contribution in [0.5, 0.6) is 0 Å². The van der Waals surface area contributed by atoms with Crippen LogP contribution in [0.1, 0.15) is 11.3 Å². The number of hydrogen-bond acceptors (Lipinski definition) is 2. The molecule has 0 aliphatic rings. The summed E-state index contributed by atoms with van der Waals surface area (Å²) in [5.74, 6) is 0. The molecule has 0 amide bonds. The molecule has 0 radical (unpaired) electrons. The van der Waals surface area contributed by atoms with E-state index in [0.29, 0.717) is 23.0 Å². The number of benzene rings is 1. The van der Waals surface area contributed by atoms with Gasteiger partial charge in [0.25, 0.3) is 5.56 Å². The molecule has 0 spiro atoms. The molecule has 1 heterocycles. The van der Waals surface area contributed by atoms with Gasteiger partial charge in [0.2, 0.25) is 0 Å². The summed E-state index contributed by atoms with van der Waals surface area (Å²) in [6, 6.07) is 1.41.